The van der Waals surface area contributed by atoms with Crippen LogP contribution >= 0.6 is 0 Å². The maximum Gasteiger partial charge on any atom is 0.261 e. The van der Waals surface area contributed by atoms with Gasteiger partial charge in [-0.05, 0) is 31.2 Å². The van der Waals surface area contributed by atoms with Gasteiger partial charge in [0.25, 0.3) is 5.91 Å². The fourth-order valence-corrected chi connectivity index (χ4v) is 1.23. The molecule has 18 heavy (non-hydrogen) atoms. The molecule has 1 aromatic rings. The molecule has 1 rings (SSSR count). The molecule has 1 atom stereocenters. The first-order chi connectivity index (χ1) is 8.52. The fourth-order valence-electron chi connectivity index (χ4n) is 1.23. The first-order valence-corrected chi connectivity index (χ1v) is 5.39. The summed E-state index contributed by atoms with van der Waals surface area (Å²) in [7, 11) is 1.57. The third-order valence-electron chi connectivity index (χ3n) is 2.18. The van der Waals surface area contributed by atoms with E-state index >= 15 is 0 Å². The molecule has 0 saturated carbocycles. The zero-order chi connectivity index (χ0) is 13.5. The van der Waals surface area contributed by atoms with Gasteiger partial charge in [0.15, 0.2) is 6.10 Å². The highest BCUT2D eigenvalue weighted by Gasteiger charge is 2.14. The van der Waals surface area contributed by atoms with Gasteiger partial charge < -0.3 is 20.5 Å². The van der Waals surface area contributed by atoms with Crippen molar-refractivity contribution < 1.29 is 19.1 Å². The van der Waals surface area contributed by atoms with E-state index in [1.54, 1.807) is 38.3 Å². The molecule has 0 aromatic heterocycles. The molecule has 2 amide bonds. The Morgan fingerprint density at radius 3 is 2.33 bits per heavy atom. The Morgan fingerprint density at radius 2 is 1.83 bits per heavy atom. The predicted molar refractivity (Wildman–Crippen MR) is 65.3 cm³/mol. The van der Waals surface area contributed by atoms with E-state index in [1.165, 1.54) is 0 Å². The number of nitrogens with two attached hydrogens (primary N) is 1. The zero-order valence-corrected chi connectivity index (χ0v) is 10.3. The molecular weight excluding hydrogens is 236 g/mol. The minimum atomic E-state index is -0.710. The van der Waals surface area contributed by atoms with Gasteiger partial charge in [0.05, 0.1) is 13.7 Å². The van der Waals surface area contributed by atoms with Gasteiger partial charge in [-0.15, -0.1) is 0 Å². The first kappa shape index (κ1) is 13.8. The Bertz CT molecular complexity index is 417. The molecule has 1 aromatic carbocycles. The number of ether oxygens (including phenoxy) is 2. The van der Waals surface area contributed by atoms with Gasteiger partial charge in [0.1, 0.15) is 11.5 Å². The van der Waals surface area contributed by atoms with Crippen LogP contribution in [0.15, 0.2) is 24.3 Å². The van der Waals surface area contributed by atoms with Crippen LogP contribution in [0.25, 0.3) is 0 Å². The standard InChI is InChI=1S/C12H16N2O4/c1-8(12(16)14-7-11(13)15)18-10-5-3-9(17-2)4-6-10/h3-6,8H,7H2,1-2H3,(H2,13,15)(H,14,16). The van der Waals surface area contributed by atoms with Crippen LogP contribution in [0.2, 0.25) is 0 Å². The largest absolute Gasteiger partial charge is 0.497 e. The second-order valence-corrected chi connectivity index (χ2v) is 3.62. The van der Waals surface area contributed by atoms with E-state index in [0.29, 0.717) is 11.5 Å². The summed E-state index contributed by atoms with van der Waals surface area (Å²) in [5.74, 6) is 0.246. The summed E-state index contributed by atoms with van der Waals surface area (Å²) in [6.45, 7) is 1.38. The Hall–Kier alpha value is -2.24. The third-order valence-corrected chi connectivity index (χ3v) is 2.18. The summed E-state index contributed by atoms with van der Waals surface area (Å²) in [6.07, 6.45) is -0.710. The van der Waals surface area contributed by atoms with Crippen molar-refractivity contribution in [2.75, 3.05) is 13.7 Å². The molecule has 6 nitrogen and oxygen atoms in total. The molecule has 0 saturated heterocycles. The van der Waals surface area contributed by atoms with Crippen LogP contribution in [0, 0.1) is 0 Å². The van der Waals surface area contributed by atoms with Crippen molar-refractivity contribution in [3.05, 3.63) is 24.3 Å². The molecule has 0 bridgehead atoms. The van der Waals surface area contributed by atoms with E-state index in [0.717, 1.165) is 0 Å². The lowest BCUT2D eigenvalue weighted by molar-refractivity contribution is -0.129. The Labute approximate surface area is 105 Å². The average Bonchev–Trinajstić information content (AvgIpc) is 2.36. The topological polar surface area (TPSA) is 90.7 Å². The molecule has 0 aliphatic heterocycles. The highest BCUT2D eigenvalue weighted by molar-refractivity contribution is 5.86. The highest BCUT2D eigenvalue weighted by Crippen LogP contribution is 2.18. The van der Waals surface area contributed by atoms with Crippen LogP contribution in [-0.4, -0.2) is 31.6 Å². The summed E-state index contributed by atoms with van der Waals surface area (Å²) in [6, 6.07) is 6.83. The van der Waals surface area contributed by atoms with Crippen LogP contribution in [-0.2, 0) is 9.59 Å². The average molecular weight is 252 g/mol. The lowest BCUT2D eigenvalue weighted by Gasteiger charge is -2.14. The van der Waals surface area contributed by atoms with Crippen LogP contribution in [0.3, 0.4) is 0 Å². The SMILES string of the molecule is COc1ccc(OC(C)C(=O)NCC(N)=O)cc1. The molecule has 0 heterocycles. The number of rotatable bonds is 6. The number of nitrogens with one attached hydrogen (secondary N) is 1. The van der Waals surface area contributed by atoms with Crippen molar-refractivity contribution in [2.24, 2.45) is 5.73 Å². The molecule has 3 N–H and O–H groups in total. The van der Waals surface area contributed by atoms with E-state index in [9.17, 15) is 9.59 Å². The molecule has 98 valence electrons. The van der Waals surface area contributed by atoms with Gasteiger partial charge >= 0.3 is 0 Å². The van der Waals surface area contributed by atoms with E-state index in [2.05, 4.69) is 5.32 Å². The number of carbonyl (C=O) groups excluding carboxylic acids is 2. The molecule has 0 radical (unpaired) electrons. The summed E-state index contributed by atoms with van der Waals surface area (Å²) in [5.41, 5.74) is 4.92. The van der Waals surface area contributed by atoms with Crippen molar-refractivity contribution in [3.8, 4) is 11.5 Å². The third kappa shape index (κ3) is 4.32. The number of hydrogen-bond acceptors (Lipinski definition) is 4. The van der Waals surface area contributed by atoms with Crippen LogP contribution in [0.1, 0.15) is 6.92 Å². The zero-order valence-electron chi connectivity index (χ0n) is 10.3. The molecule has 0 aliphatic carbocycles. The van der Waals surface area contributed by atoms with E-state index in [1.807, 2.05) is 0 Å². The van der Waals surface area contributed by atoms with Crippen LogP contribution in [0.5, 0.6) is 11.5 Å². The lowest BCUT2D eigenvalue weighted by Crippen LogP contribution is -2.40. The minimum absolute atomic E-state index is 0.199. The van der Waals surface area contributed by atoms with Crippen LogP contribution in [0.4, 0.5) is 0 Å². The maximum absolute atomic E-state index is 11.5. The lowest BCUT2D eigenvalue weighted by atomic mass is 10.3. The van der Waals surface area contributed by atoms with Gasteiger partial charge in [0.2, 0.25) is 5.91 Å². The summed E-state index contributed by atoms with van der Waals surface area (Å²) < 4.78 is 10.4. The van der Waals surface area contributed by atoms with Gasteiger partial charge in [-0.1, -0.05) is 0 Å². The highest BCUT2D eigenvalue weighted by atomic mass is 16.5. The molecule has 1 unspecified atom stereocenters. The van der Waals surface area contributed by atoms with E-state index in [4.69, 9.17) is 15.2 Å². The van der Waals surface area contributed by atoms with Gasteiger partial charge in [-0.25, -0.2) is 0 Å². The Balaban J connectivity index is 2.49. The Morgan fingerprint density at radius 1 is 1.28 bits per heavy atom. The molecule has 0 spiro atoms. The quantitative estimate of drug-likeness (QED) is 0.749. The number of benzene rings is 1. The van der Waals surface area contributed by atoms with E-state index in [-0.39, 0.29) is 6.54 Å². The van der Waals surface area contributed by atoms with Crippen LogP contribution < -0.4 is 20.5 Å². The first-order valence-electron chi connectivity index (χ1n) is 5.39. The molecule has 0 aliphatic rings. The summed E-state index contributed by atoms with van der Waals surface area (Å²) in [4.78, 5) is 22.0. The van der Waals surface area contributed by atoms with Crippen molar-refractivity contribution in [2.45, 2.75) is 13.0 Å². The van der Waals surface area contributed by atoms with Gasteiger partial charge in [-0.2, -0.15) is 0 Å². The summed E-state index contributed by atoms with van der Waals surface area (Å²) in [5, 5.41) is 2.36. The normalized spacial score (nSPS) is 11.4. The van der Waals surface area contributed by atoms with E-state index < -0.39 is 17.9 Å². The molecular formula is C12H16N2O4. The van der Waals surface area contributed by atoms with Gasteiger partial charge in [-0.3, -0.25) is 9.59 Å². The number of primary amides is 1. The van der Waals surface area contributed by atoms with Gasteiger partial charge in [0, 0.05) is 0 Å². The second kappa shape index (κ2) is 6.48. The van der Waals surface area contributed by atoms with Crippen molar-refractivity contribution in [1.82, 2.24) is 5.32 Å². The number of methoxy groups -OCH3 is 1. The predicted octanol–water partition coefficient (Wildman–Crippen LogP) is 0.0640. The fraction of sp³-hybridized carbons (Fsp3) is 0.333. The maximum atomic E-state index is 11.5. The number of amides is 2. The van der Waals surface area contributed by atoms with Crippen molar-refractivity contribution in [1.29, 1.82) is 0 Å². The molecule has 6 heteroatoms. The smallest absolute Gasteiger partial charge is 0.261 e. The second-order valence-electron chi connectivity index (χ2n) is 3.62. The number of carbonyl (C=O) groups is 2. The van der Waals surface area contributed by atoms with Crippen molar-refractivity contribution >= 4 is 11.8 Å². The molecule has 0 fully saturated rings. The summed E-state index contributed by atoms with van der Waals surface area (Å²) >= 11 is 0. The minimum Gasteiger partial charge on any atom is -0.497 e. The monoisotopic (exact) mass is 252 g/mol. The van der Waals surface area contributed by atoms with Crippen molar-refractivity contribution in [3.63, 3.8) is 0 Å². The number of hydrogen-bond donors (Lipinski definition) is 2. The Kier molecular flexibility index (Phi) is 4.98.